The highest BCUT2D eigenvalue weighted by atomic mass is 19.1. The zero-order valence-electron chi connectivity index (χ0n) is 16.8. The Balaban J connectivity index is 2.06. The first-order chi connectivity index (χ1) is 15.1. The van der Waals surface area contributed by atoms with E-state index in [4.69, 9.17) is 0 Å². The zero-order valence-corrected chi connectivity index (χ0v) is 16.8. The fourth-order valence-electron chi connectivity index (χ4n) is 3.85. The molecule has 11 heteroatoms. The van der Waals surface area contributed by atoms with Crippen molar-refractivity contribution in [2.24, 2.45) is 10.9 Å². The van der Waals surface area contributed by atoms with Crippen molar-refractivity contribution in [2.45, 2.75) is 20.0 Å². The molecule has 0 saturated carbocycles. The summed E-state index contributed by atoms with van der Waals surface area (Å²) >= 11 is 0. The van der Waals surface area contributed by atoms with Gasteiger partial charge in [0.1, 0.15) is 6.17 Å². The maximum atomic E-state index is 14.0. The number of aliphatic imine (C=N–C) groups is 1. The predicted molar refractivity (Wildman–Crippen MR) is 113 cm³/mol. The third kappa shape index (κ3) is 3.33. The molecule has 4 rings (SSSR count). The third-order valence-corrected chi connectivity index (χ3v) is 5.47. The Labute approximate surface area is 179 Å². The minimum Gasteiger partial charge on any atom is -0.258 e. The molecule has 0 saturated heterocycles. The largest absolute Gasteiger partial charge is 0.284 e. The van der Waals surface area contributed by atoms with Gasteiger partial charge in [0.25, 0.3) is 17.1 Å². The highest BCUT2D eigenvalue weighted by Gasteiger charge is 2.36. The van der Waals surface area contributed by atoms with Gasteiger partial charge in [-0.3, -0.25) is 30.3 Å². The summed E-state index contributed by atoms with van der Waals surface area (Å²) in [5.74, 6) is -0.483. The van der Waals surface area contributed by atoms with Crippen LogP contribution in [-0.2, 0) is 0 Å². The van der Waals surface area contributed by atoms with E-state index >= 15 is 0 Å². The maximum Gasteiger partial charge on any atom is 0.284 e. The van der Waals surface area contributed by atoms with E-state index in [9.17, 15) is 34.7 Å². The quantitative estimate of drug-likeness (QED) is 0.412. The van der Waals surface area contributed by atoms with Gasteiger partial charge in [-0.25, -0.2) is 9.38 Å². The van der Waals surface area contributed by atoms with Crippen molar-refractivity contribution in [3.63, 3.8) is 0 Å². The fraction of sp³-hybridized carbons (Fsp3) is 0.190. The second kappa shape index (κ2) is 7.45. The lowest BCUT2D eigenvalue weighted by molar-refractivity contribution is -0.393. The number of hydrogen-bond acceptors (Lipinski definition) is 7. The Bertz CT molecular complexity index is 1310. The summed E-state index contributed by atoms with van der Waals surface area (Å²) < 4.78 is 14.0. The molecule has 0 spiro atoms. The van der Waals surface area contributed by atoms with Crippen LogP contribution in [0, 0.1) is 36.3 Å². The van der Waals surface area contributed by atoms with Crippen molar-refractivity contribution in [1.82, 2.24) is 0 Å². The standard InChI is InChI=1S/C21H15FN4O6/c1-10-6-18(11(2)5-17(10)22)23-21-15-7-12(24(27)28)3-4-14(15)20-16(21)8-13(25(29)30)9-19(20)26(31)32/h3-10,17H,1-2H3. The number of nitro groups is 3. The Morgan fingerprint density at radius 1 is 0.875 bits per heavy atom. The summed E-state index contributed by atoms with van der Waals surface area (Å²) in [6.45, 7) is 3.30. The van der Waals surface area contributed by atoms with Crippen LogP contribution in [0.15, 0.2) is 58.7 Å². The first-order valence-electron chi connectivity index (χ1n) is 9.48. The number of alkyl halides is 1. The minimum absolute atomic E-state index is 0.0960. The van der Waals surface area contributed by atoms with E-state index in [-0.39, 0.29) is 28.1 Å². The fourth-order valence-corrected chi connectivity index (χ4v) is 3.85. The second-order valence-corrected chi connectivity index (χ2v) is 7.55. The number of fused-ring (bicyclic) bond motifs is 3. The zero-order chi connectivity index (χ0) is 23.3. The van der Waals surface area contributed by atoms with E-state index in [2.05, 4.69) is 4.99 Å². The number of benzene rings is 2. The van der Waals surface area contributed by atoms with Crippen LogP contribution in [0.4, 0.5) is 21.5 Å². The van der Waals surface area contributed by atoms with Gasteiger partial charge in [0, 0.05) is 35.2 Å². The molecule has 0 bridgehead atoms. The third-order valence-electron chi connectivity index (χ3n) is 5.47. The molecule has 0 fully saturated rings. The first kappa shape index (κ1) is 21.0. The molecule has 2 unspecified atom stereocenters. The molecule has 0 N–H and O–H groups in total. The first-order valence-corrected chi connectivity index (χ1v) is 9.48. The van der Waals surface area contributed by atoms with Gasteiger partial charge in [-0.1, -0.05) is 13.0 Å². The SMILES string of the molecule is CC1=CC(F)C(C)C=C1N=C1c2cc([N+](=O)[O-])ccc2-c2c1cc([N+](=O)[O-])cc2[N+](=O)[O-]. The summed E-state index contributed by atoms with van der Waals surface area (Å²) in [5, 5.41) is 34.5. The lowest BCUT2D eigenvalue weighted by Crippen LogP contribution is -2.14. The highest BCUT2D eigenvalue weighted by molar-refractivity contribution is 6.26. The van der Waals surface area contributed by atoms with Gasteiger partial charge in [-0.15, -0.1) is 0 Å². The van der Waals surface area contributed by atoms with E-state index in [1.807, 2.05) is 0 Å². The van der Waals surface area contributed by atoms with Gasteiger partial charge in [0.15, 0.2) is 0 Å². The lowest BCUT2D eigenvalue weighted by atomic mass is 9.94. The Kier molecular flexibility index (Phi) is 4.88. The molecule has 2 aliphatic carbocycles. The smallest absolute Gasteiger partial charge is 0.258 e. The molecule has 2 aromatic rings. The van der Waals surface area contributed by atoms with E-state index in [0.717, 1.165) is 12.1 Å². The number of rotatable bonds is 4. The van der Waals surface area contributed by atoms with Gasteiger partial charge in [0.05, 0.1) is 37.8 Å². The number of nitrogens with zero attached hydrogens (tertiary/aromatic N) is 4. The van der Waals surface area contributed by atoms with Crippen LogP contribution in [0.5, 0.6) is 0 Å². The lowest BCUT2D eigenvalue weighted by Gasteiger charge is -2.18. The Morgan fingerprint density at radius 2 is 1.53 bits per heavy atom. The number of allylic oxidation sites excluding steroid dienone is 3. The minimum atomic E-state index is -1.20. The van der Waals surface area contributed by atoms with Gasteiger partial charge >= 0.3 is 0 Å². The van der Waals surface area contributed by atoms with E-state index < -0.39 is 38.2 Å². The summed E-state index contributed by atoms with van der Waals surface area (Å²) in [4.78, 5) is 36.9. The summed E-state index contributed by atoms with van der Waals surface area (Å²) in [6.07, 6.45) is 1.78. The molecule has 0 radical (unpaired) electrons. The Morgan fingerprint density at radius 3 is 2.16 bits per heavy atom. The number of halogens is 1. The van der Waals surface area contributed by atoms with Crippen molar-refractivity contribution < 1.29 is 19.2 Å². The van der Waals surface area contributed by atoms with Gasteiger partial charge in [-0.05, 0) is 30.2 Å². The molecule has 0 aliphatic heterocycles. The monoisotopic (exact) mass is 438 g/mol. The highest BCUT2D eigenvalue weighted by Crippen LogP contribution is 2.46. The van der Waals surface area contributed by atoms with Crippen molar-refractivity contribution in [1.29, 1.82) is 0 Å². The maximum absolute atomic E-state index is 14.0. The molecule has 2 aliphatic rings. The van der Waals surface area contributed by atoms with Gasteiger partial charge < -0.3 is 0 Å². The molecule has 32 heavy (non-hydrogen) atoms. The number of hydrogen-bond donors (Lipinski definition) is 0. The summed E-state index contributed by atoms with van der Waals surface area (Å²) in [5.41, 5.74) is 0.511. The van der Waals surface area contributed by atoms with Crippen LogP contribution < -0.4 is 0 Å². The van der Waals surface area contributed by atoms with Crippen LogP contribution in [0.25, 0.3) is 11.1 Å². The van der Waals surface area contributed by atoms with Gasteiger partial charge in [-0.2, -0.15) is 0 Å². The van der Waals surface area contributed by atoms with Crippen LogP contribution in [0.2, 0.25) is 0 Å². The van der Waals surface area contributed by atoms with Crippen molar-refractivity contribution in [2.75, 3.05) is 0 Å². The van der Waals surface area contributed by atoms with Crippen LogP contribution in [0.1, 0.15) is 25.0 Å². The predicted octanol–water partition coefficient (Wildman–Crippen LogP) is 5.05. The van der Waals surface area contributed by atoms with Crippen molar-refractivity contribution >= 4 is 22.8 Å². The average Bonchev–Trinajstić information content (AvgIpc) is 3.04. The molecule has 0 aromatic heterocycles. The molecular weight excluding hydrogens is 423 g/mol. The van der Waals surface area contributed by atoms with E-state index in [0.29, 0.717) is 16.8 Å². The molecule has 10 nitrogen and oxygen atoms in total. The molecule has 2 atom stereocenters. The Hall–Kier alpha value is -4.28. The number of non-ortho nitro benzene ring substituents is 2. The molecule has 162 valence electrons. The van der Waals surface area contributed by atoms with Crippen LogP contribution in [0.3, 0.4) is 0 Å². The van der Waals surface area contributed by atoms with E-state index in [1.165, 1.54) is 24.3 Å². The van der Waals surface area contributed by atoms with Crippen molar-refractivity contribution in [3.05, 3.63) is 95.2 Å². The topological polar surface area (TPSA) is 142 Å². The van der Waals surface area contributed by atoms with Gasteiger partial charge in [0.2, 0.25) is 0 Å². The average molecular weight is 438 g/mol. The molecule has 0 amide bonds. The molecule has 2 aromatic carbocycles. The normalized spacial score (nSPS) is 20.3. The number of nitro benzene ring substituents is 3. The van der Waals surface area contributed by atoms with E-state index in [1.54, 1.807) is 19.9 Å². The van der Waals surface area contributed by atoms with Crippen molar-refractivity contribution in [3.8, 4) is 11.1 Å². The van der Waals surface area contributed by atoms with Crippen LogP contribution in [-0.4, -0.2) is 26.7 Å². The second-order valence-electron chi connectivity index (χ2n) is 7.55. The summed E-state index contributed by atoms with van der Waals surface area (Å²) in [7, 11) is 0. The summed E-state index contributed by atoms with van der Waals surface area (Å²) in [6, 6.07) is 5.82. The molecular formula is C21H15FN4O6. The molecule has 0 heterocycles. The van der Waals surface area contributed by atoms with Crippen LogP contribution >= 0.6 is 0 Å².